The van der Waals surface area contributed by atoms with E-state index in [2.05, 4.69) is 10.6 Å². The van der Waals surface area contributed by atoms with Crippen LogP contribution in [0.2, 0.25) is 5.02 Å². The van der Waals surface area contributed by atoms with Crippen LogP contribution in [0.4, 0.5) is 16.2 Å². The van der Waals surface area contributed by atoms with Crippen molar-refractivity contribution in [2.45, 2.75) is 6.92 Å². The molecule has 0 aliphatic heterocycles. The molecule has 2 rings (SSSR count). The fourth-order valence-corrected chi connectivity index (χ4v) is 1.85. The molecule has 0 aliphatic rings. The van der Waals surface area contributed by atoms with Crippen LogP contribution in [0.15, 0.2) is 42.5 Å². The van der Waals surface area contributed by atoms with Crippen molar-refractivity contribution in [2.75, 3.05) is 10.6 Å². The highest BCUT2D eigenvalue weighted by molar-refractivity contribution is 6.31. The monoisotopic (exact) mass is 285 g/mol. The van der Waals surface area contributed by atoms with Crippen LogP contribution < -0.4 is 10.6 Å². The number of carbonyl (C=O) groups is 1. The maximum atomic E-state index is 11.9. The highest BCUT2D eigenvalue weighted by atomic mass is 35.5. The number of hydrogen-bond donors (Lipinski definition) is 2. The number of amides is 2. The van der Waals surface area contributed by atoms with Gasteiger partial charge in [-0.2, -0.15) is 5.26 Å². The lowest BCUT2D eigenvalue weighted by Crippen LogP contribution is -2.20. The minimum Gasteiger partial charge on any atom is -0.308 e. The van der Waals surface area contributed by atoms with E-state index in [1.165, 1.54) is 0 Å². The Labute approximate surface area is 122 Å². The van der Waals surface area contributed by atoms with E-state index in [4.69, 9.17) is 16.9 Å². The fourth-order valence-electron chi connectivity index (χ4n) is 1.68. The van der Waals surface area contributed by atoms with Gasteiger partial charge in [0.25, 0.3) is 0 Å². The predicted octanol–water partition coefficient (Wildman–Crippen LogP) is 4.16. The molecule has 0 heterocycles. The van der Waals surface area contributed by atoms with Crippen LogP contribution in [0.3, 0.4) is 0 Å². The van der Waals surface area contributed by atoms with Crippen molar-refractivity contribution in [1.82, 2.24) is 0 Å². The molecule has 0 aliphatic carbocycles. The lowest BCUT2D eigenvalue weighted by molar-refractivity contribution is 0.262. The third kappa shape index (κ3) is 3.50. The first-order chi connectivity index (χ1) is 9.58. The standard InChI is InChI=1S/C15H12ClN3O/c1-10-5-6-12(16)8-14(10)19-15(20)18-13-4-2-3-11(7-13)9-17/h2-8H,1H3,(H2,18,19,20). The molecule has 5 heteroatoms. The van der Waals surface area contributed by atoms with Gasteiger partial charge in [-0.25, -0.2) is 4.79 Å². The largest absolute Gasteiger partial charge is 0.323 e. The normalized spacial score (nSPS) is 9.65. The van der Waals surface area contributed by atoms with Crippen LogP contribution >= 0.6 is 11.6 Å². The summed E-state index contributed by atoms with van der Waals surface area (Å²) in [7, 11) is 0. The number of anilines is 2. The summed E-state index contributed by atoms with van der Waals surface area (Å²) in [6.45, 7) is 1.88. The maximum absolute atomic E-state index is 11.9. The first kappa shape index (κ1) is 13.9. The Kier molecular flexibility index (Phi) is 4.24. The Balaban J connectivity index is 2.09. The highest BCUT2D eigenvalue weighted by Gasteiger charge is 2.06. The SMILES string of the molecule is Cc1ccc(Cl)cc1NC(=O)Nc1cccc(C#N)c1. The third-order valence-corrected chi connectivity index (χ3v) is 2.93. The van der Waals surface area contributed by atoms with Gasteiger partial charge in [0.15, 0.2) is 0 Å². The van der Waals surface area contributed by atoms with Crippen molar-refractivity contribution < 1.29 is 4.79 Å². The molecule has 2 amide bonds. The summed E-state index contributed by atoms with van der Waals surface area (Å²) < 4.78 is 0. The van der Waals surface area contributed by atoms with Crippen molar-refractivity contribution in [2.24, 2.45) is 0 Å². The molecule has 2 aromatic rings. The van der Waals surface area contributed by atoms with Gasteiger partial charge in [-0.3, -0.25) is 0 Å². The van der Waals surface area contributed by atoms with Gasteiger partial charge in [-0.15, -0.1) is 0 Å². The summed E-state index contributed by atoms with van der Waals surface area (Å²) in [6, 6.07) is 13.6. The molecule has 0 saturated carbocycles. The first-order valence-corrected chi connectivity index (χ1v) is 6.30. The number of nitrogens with zero attached hydrogens (tertiary/aromatic N) is 1. The Bertz CT molecular complexity index is 692. The van der Waals surface area contributed by atoms with Gasteiger partial charge in [0.1, 0.15) is 0 Å². The lowest BCUT2D eigenvalue weighted by Gasteiger charge is -2.10. The van der Waals surface area contributed by atoms with E-state index >= 15 is 0 Å². The molecule has 4 nitrogen and oxygen atoms in total. The smallest absolute Gasteiger partial charge is 0.308 e. The first-order valence-electron chi connectivity index (χ1n) is 5.93. The third-order valence-electron chi connectivity index (χ3n) is 2.70. The maximum Gasteiger partial charge on any atom is 0.323 e. The zero-order valence-corrected chi connectivity index (χ0v) is 11.5. The molecular formula is C15H12ClN3O. The summed E-state index contributed by atoms with van der Waals surface area (Å²) in [5, 5.41) is 14.7. The van der Waals surface area contributed by atoms with E-state index in [0.29, 0.717) is 22.0 Å². The van der Waals surface area contributed by atoms with Crippen molar-refractivity contribution in [3.63, 3.8) is 0 Å². The zero-order valence-electron chi connectivity index (χ0n) is 10.8. The van der Waals surface area contributed by atoms with Crippen LogP contribution in [0.5, 0.6) is 0 Å². The van der Waals surface area contributed by atoms with E-state index in [0.717, 1.165) is 5.56 Å². The Morgan fingerprint density at radius 1 is 1.20 bits per heavy atom. The van der Waals surface area contributed by atoms with Gasteiger partial charge in [0, 0.05) is 16.4 Å². The quantitative estimate of drug-likeness (QED) is 0.870. The number of nitriles is 1. The number of rotatable bonds is 2. The van der Waals surface area contributed by atoms with Gasteiger partial charge < -0.3 is 10.6 Å². The number of carbonyl (C=O) groups excluding carboxylic acids is 1. The summed E-state index contributed by atoms with van der Waals surface area (Å²) in [6.07, 6.45) is 0. The van der Waals surface area contributed by atoms with Gasteiger partial charge in [0.05, 0.1) is 11.6 Å². The summed E-state index contributed by atoms with van der Waals surface area (Å²) in [5.74, 6) is 0. The Morgan fingerprint density at radius 2 is 2.00 bits per heavy atom. The minimum atomic E-state index is -0.384. The zero-order chi connectivity index (χ0) is 14.5. The Morgan fingerprint density at radius 3 is 2.75 bits per heavy atom. The molecule has 100 valence electrons. The van der Waals surface area contributed by atoms with Crippen LogP contribution in [0.1, 0.15) is 11.1 Å². The predicted molar refractivity (Wildman–Crippen MR) is 80.0 cm³/mol. The number of halogens is 1. The van der Waals surface area contributed by atoms with Crippen LogP contribution in [-0.2, 0) is 0 Å². The summed E-state index contributed by atoms with van der Waals surface area (Å²) >= 11 is 5.89. The topological polar surface area (TPSA) is 64.9 Å². The number of urea groups is 1. The van der Waals surface area contributed by atoms with E-state index in [9.17, 15) is 4.79 Å². The van der Waals surface area contributed by atoms with Crippen LogP contribution in [0, 0.1) is 18.3 Å². The minimum absolute atomic E-state index is 0.384. The average Bonchev–Trinajstić information content (AvgIpc) is 2.43. The highest BCUT2D eigenvalue weighted by Crippen LogP contribution is 2.20. The van der Waals surface area contributed by atoms with Gasteiger partial charge >= 0.3 is 6.03 Å². The molecule has 0 unspecified atom stereocenters. The van der Waals surface area contributed by atoms with E-state index < -0.39 is 0 Å². The molecule has 0 radical (unpaired) electrons. The second-order valence-corrected chi connectivity index (χ2v) is 4.67. The van der Waals surface area contributed by atoms with Crippen LogP contribution in [0.25, 0.3) is 0 Å². The van der Waals surface area contributed by atoms with Gasteiger partial charge in [-0.05, 0) is 42.8 Å². The van der Waals surface area contributed by atoms with E-state index in [1.54, 1.807) is 36.4 Å². The Hall–Kier alpha value is -2.51. The van der Waals surface area contributed by atoms with Crippen molar-refractivity contribution in [1.29, 1.82) is 5.26 Å². The van der Waals surface area contributed by atoms with Gasteiger partial charge in [0.2, 0.25) is 0 Å². The molecule has 2 N–H and O–H groups in total. The van der Waals surface area contributed by atoms with Crippen LogP contribution in [-0.4, -0.2) is 6.03 Å². The second-order valence-electron chi connectivity index (χ2n) is 4.23. The molecule has 0 spiro atoms. The van der Waals surface area contributed by atoms with Crippen molar-refractivity contribution in [3.05, 3.63) is 58.6 Å². The number of nitrogens with one attached hydrogen (secondary N) is 2. The second kappa shape index (κ2) is 6.09. The molecular weight excluding hydrogens is 274 g/mol. The number of aryl methyl sites for hydroxylation is 1. The molecule has 0 atom stereocenters. The number of benzene rings is 2. The van der Waals surface area contributed by atoms with Crippen molar-refractivity contribution in [3.8, 4) is 6.07 Å². The van der Waals surface area contributed by atoms with Gasteiger partial charge in [-0.1, -0.05) is 23.7 Å². The molecule has 20 heavy (non-hydrogen) atoms. The molecule has 0 bridgehead atoms. The van der Waals surface area contributed by atoms with E-state index in [-0.39, 0.29) is 6.03 Å². The number of hydrogen-bond acceptors (Lipinski definition) is 2. The molecule has 0 aromatic heterocycles. The molecule has 0 fully saturated rings. The molecule has 2 aromatic carbocycles. The average molecular weight is 286 g/mol. The summed E-state index contributed by atoms with van der Waals surface area (Å²) in [5.41, 5.74) is 2.60. The fraction of sp³-hybridized carbons (Fsp3) is 0.0667. The molecule has 0 saturated heterocycles. The van der Waals surface area contributed by atoms with Crippen molar-refractivity contribution >= 4 is 29.0 Å². The van der Waals surface area contributed by atoms with E-state index in [1.807, 2.05) is 19.1 Å². The lowest BCUT2D eigenvalue weighted by atomic mass is 10.2. The summed E-state index contributed by atoms with van der Waals surface area (Å²) in [4.78, 5) is 11.9.